The van der Waals surface area contributed by atoms with E-state index >= 15 is 0 Å². The van der Waals surface area contributed by atoms with Crippen molar-refractivity contribution < 1.29 is 13.2 Å². The molecule has 0 atom stereocenters. The molecule has 0 saturated carbocycles. The van der Waals surface area contributed by atoms with E-state index in [1.165, 1.54) is 30.5 Å². The zero-order valence-corrected chi connectivity index (χ0v) is 19.3. The van der Waals surface area contributed by atoms with Gasteiger partial charge in [0.2, 0.25) is 10.0 Å². The van der Waals surface area contributed by atoms with Gasteiger partial charge >= 0.3 is 0 Å². The topological polar surface area (TPSA) is 91.7 Å². The Morgan fingerprint density at radius 1 is 1.06 bits per heavy atom. The van der Waals surface area contributed by atoms with Gasteiger partial charge in [-0.15, -0.1) is 0 Å². The second kappa shape index (κ2) is 10.6. The summed E-state index contributed by atoms with van der Waals surface area (Å²) in [5, 5.41) is 4.30. The van der Waals surface area contributed by atoms with Crippen LogP contribution >= 0.6 is 27.5 Å². The number of hydrazone groups is 1. The van der Waals surface area contributed by atoms with E-state index in [9.17, 15) is 13.2 Å². The minimum Gasteiger partial charge on any atom is -0.272 e. The molecule has 0 spiro atoms. The molecule has 0 aliphatic carbocycles. The second-order valence-corrected chi connectivity index (χ2v) is 9.72. The fourth-order valence-electron chi connectivity index (χ4n) is 2.60. The van der Waals surface area contributed by atoms with Gasteiger partial charge < -0.3 is 0 Å². The van der Waals surface area contributed by atoms with E-state index in [2.05, 4.69) is 31.4 Å². The number of benzene rings is 2. The summed E-state index contributed by atoms with van der Waals surface area (Å²) in [5.41, 5.74) is 3.84. The Kier molecular flexibility index (Phi) is 7.91. The summed E-state index contributed by atoms with van der Waals surface area (Å²) in [4.78, 5) is 16.4. The van der Waals surface area contributed by atoms with Crippen molar-refractivity contribution >= 4 is 49.7 Å². The second-order valence-electron chi connectivity index (χ2n) is 6.43. The molecule has 31 heavy (non-hydrogen) atoms. The number of amides is 1. The molecule has 0 fully saturated rings. The van der Waals surface area contributed by atoms with Gasteiger partial charge in [-0.1, -0.05) is 39.7 Å². The van der Waals surface area contributed by atoms with Gasteiger partial charge in [0.15, 0.2) is 0 Å². The molecule has 0 aliphatic rings. The van der Waals surface area contributed by atoms with E-state index in [0.717, 1.165) is 19.9 Å². The summed E-state index contributed by atoms with van der Waals surface area (Å²) < 4.78 is 28.3. The summed E-state index contributed by atoms with van der Waals surface area (Å²) in [6.45, 7) is -0.394. The van der Waals surface area contributed by atoms with Crippen LogP contribution in [0.5, 0.6) is 0 Å². The lowest BCUT2D eigenvalue weighted by Crippen LogP contribution is -2.39. The number of carbonyl (C=O) groups excluding carboxylic acids is 1. The number of halogens is 2. The lowest BCUT2D eigenvalue weighted by Gasteiger charge is -2.21. The summed E-state index contributed by atoms with van der Waals surface area (Å²) in [5.74, 6) is -0.569. The number of rotatable bonds is 8. The molecule has 0 bridgehead atoms. The van der Waals surface area contributed by atoms with Crippen LogP contribution in [0.3, 0.4) is 0 Å². The van der Waals surface area contributed by atoms with Gasteiger partial charge in [0.25, 0.3) is 5.91 Å². The molecular formula is C21H18BrClN4O3S. The average molecular weight is 522 g/mol. The van der Waals surface area contributed by atoms with Gasteiger partial charge in [0.1, 0.15) is 0 Å². The van der Waals surface area contributed by atoms with Crippen LogP contribution in [-0.2, 0) is 21.4 Å². The highest BCUT2D eigenvalue weighted by molar-refractivity contribution is 9.10. The first-order valence-electron chi connectivity index (χ1n) is 9.07. The van der Waals surface area contributed by atoms with Gasteiger partial charge in [-0.2, -0.15) is 9.41 Å². The van der Waals surface area contributed by atoms with Crippen molar-refractivity contribution in [3.63, 3.8) is 0 Å². The standard InChI is InChI=1S/C21H18BrClN4O3S/c22-18-3-1-17(2-4-18)14-27(31(29,30)20-7-5-19(23)6-8-20)15-21(28)26-25-13-16-9-11-24-12-10-16/h1-13H,14-15H2,(H,26,28)/b25-13-. The van der Waals surface area contributed by atoms with E-state index in [0.29, 0.717) is 5.02 Å². The Morgan fingerprint density at radius 3 is 2.35 bits per heavy atom. The van der Waals surface area contributed by atoms with Crippen LogP contribution in [-0.4, -0.2) is 36.4 Å². The molecule has 10 heteroatoms. The van der Waals surface area contributed by atoms with E-state index < -0.39 is 22.5 Å². The molecule has 1 aromatic heterocycles. The molecule has 0 saturated heterocycles. The molecule has 0 aliphatic heterocycles. The van der Waals surface area contributed by atoms with E-state index in [1.54, 1.807) is 36.7 Å². The normalized spacial score (nSPS) is 11.7. The summed E-state index contributed by atoms with van der Waals surface area (Å²) >= 11 is 9.24. The van der Waals surface area contributed by atoms with Gasteiger partial charge in [-0.3, -0.25) is 9.78 Å². The van der Waals surface area contributed by atoms with E-state index in [4.69, 9.17) is 11.6 Å². The maximum Gasteiger partial charge on any atom is 0.255 e. The predicted molar refractivity (Wildman–Crippen MR) is 123 cm³/mol. The van der Waals surface area contributed by atoms with Crippen LogP contribution in [0.25, 0.3) is 0 Å². The van der Waals surface area contributed by atoms with Crippen molar-refractivity contribution in [3.8, 4) is 0 Å². The first-order valence-corrected chi connectivity index (χ1v) is 11.7. The Morgan fingerprint density at radius 2 is 1.71 bits per heavy atom. The molecular weight excluding hydrogens is 504 g/mol. The first-order chi connectivity index (χ1) is 14.8. The quantitative estimate of drug-likeness (QED) is 0.360. The van der Waals surface area contributed by atoms with Crippen molar-refractivity contribution in [2.45, 2.75) is 11.4 Å². The molecule has 7 nitrogen and oxygen atoms in total. The Hall–Kier alpha value is -2.59. The smallest absolute Gasteiger partial charge is 0.255 e. The zero-order valence-electron chi connectivity index (χ0n) is 16.2. The Labute approximate surface area is 193 Å². The summed E-state index contributed by atoms with van der Waals surface area (Å²) in [6, 6.07) is 16.4. The Balaban J connectivity index is 1.79. The van der Waals surface area contributed by atoms with Gasteiger partial charge in [0.05, 0.1) is 17.7 Å². The summed E-state index contributed by atoms with van der Waals surface area (Å²) in [6.07, 6.45) is 4.65. The fourth-order valence-corrected chi connectivity index (χ4v) is 4.37. The van der Waals surface area contributed by atoms with Gasteiger partial charge in [0, 0.05) is 28.4 Å². The molecule has 160 valence electrons. The van der Waals surface area contributed by atoms with Crippen LogP contribution in [0.15, 0.2) is 87.5 Å². The van der Waals surface area contributed by atoms with Crippen molar-refractivity contribution in [1.29, 1.82) is 0 Å². The third-order valence-corrected chi connectivity index (χ3v) is 6.74. The summed E-state index contributed by atoms with van der Waals surface area (Å²) in [7, 11) is -3.96. The SMILES string of the molecule is O=C(CN(Cc1ccc(Br)cc1)S(=O)(=O)c1ccc(Cl)cc1)N/N=C\c1ccncc1. The molecule has 1 heterocycles. The van der Waals surface area contributed by atoms with Crippen molar-refractivity contribution in [3.05, 3.63) is 93.7 Å². The minimum atomic E-state index is -3.96. The molecule has 3 rings (SSSR count). The van der Waals surface area contributed by atoms with Crippen LogP contribution in [0.2, 0.25) is 5.02 Å². The number of pyridine rings is 1. The number of sulfonamides is 1. The van der Waals surface area contributed by atoms with Gasteiger partial charge in [-0.25, -0.2) is 13.8 Å². The fraction of sp³-hybridized carbons (Fsp3) is 0.0952. The molecule has 0 unspecified atom stereocenters. The average Bonchev–Trinajstić information content (AvgIpc) is 2.76. The monoisotopic (exact) mass is 520 g/mol. The molecule has 2 aromatic carbocycles. The zero-order chi connectivity index (χ0) is 22.3. The maximum absolute atomic E-state index is 13.2. The van der Waals surface area contributed by atoms with E-state index in [1.807, 2.05) is 12.1 Å². The highest BCUT2D eigenvalue weighted by Gasteiger charge is 2.27. The highest BCUT2D eigenvalue weighted by Crippen LogP contribution is 2.21. The Bertz CT molecular complexity index is 1160. The molecule has 1 N–H and O–H groups in total. The number of aromatic nitrogens is 1. The van der Waals surface area contributed by atoms with E-state index in [-0.39, 0.29) is 11.4 Å². The predicted octanol–water partition coefficient (Wildman–Crippen LogP) is 3.84. The van der Waals surface area contributed by atoms with Crippen LogP contribution in [0, 0.1) is 0 Å². The third-order valence-electron chi connectivity index (χ3n) is 4.15. The van der Waals surface area contributed by atoms with Crippen molar-refractivity contribution in [1.82, 2.24) is 14.7 Å². The number of nitrogens with one attached hydrogen (secondary N) is 1. The molecule has 3 aromatic rings. The van der Waals surface area contributed by atoms with Gasteiger partial charge in [-0.05, 0) is 59.7 Å². The highest BCUT2D eigenvalue weighted by atomic mass is 79.9. The lowest BCUT2D eigenvalue weighted by molar-refractivity contribution is -0.121. The maximum atomic E-state index is 13.2. The van der Waals surface area contributed by atoms with Crippen molar-refractivity contribution in [2.24, 2.45) is 5.10 Å². The largest absolute Gasteiger partial charge is 0.272 e. The third kappa shape index (κ3) is 6.70. The van der Waals surface area contributed by atoms with Crippen LogP contribution in [0.4, 0.5) is 0 Å². The minimum absolute atomic E-state index is 0.0136. The molecule has 1 amide bonds. The lowest BCUT2D eigenvalue weighted by atomic mass is 10.2. The van der Waals surface area contributed by atoms with Crippen molar-refractivity contribution in [2.75, 3.05) is 6.54 Å². The van der Waals surface area contributed by atoms with Crippen LogP contribution < -0.4 is 5.43 Å². The molecule has 0 radical (unpaired) electrons. The number of hydrogen-bond donors (Lipinski definition) is 1. The van der Waals surface area contributed by atoms with Crippen LogP contribution in [0.1, 0.15) is 11.1 Å². The number of hydrogen-bond acceptors (Lipinski definition) is 5. The number of nitrogens with zero attached hydrogens (tertiary/aromatic N) is 3. The number of carbonyl (C=O) groups is 1. The first kappa shape index (κ1) is 23.1.